The van der Waals surface area contributed by atoms with Crippen LogP contribution in [-0.4, -0.2) is 38.0 Å². The monoisotopic (exact) mass is 389 g/mol. The van der Waals surface area contributed by atoms with E-state index in [0.717, 1.165) is 6.07 Å². The average molecular weight is 389 g/mol. The highest BCUT2D eigenvalue weighted by Crippen LogP contribution is 2.35. The molecule has 2 aromatic rings. The van der Waals surface area contributed by atoms with Crippen LogP contribution in [0.25, 0.3) is 0 Å². The standard InChI is InChI=1S/C19H19NO8/c1-11(21)12-5-6-16(25-2)13(7-12)10-28-19(22)14-8-17(26-3)18(27-4)9-15(14)20(23)24/h5-9H,10H2,1-4H3. The molecular formula is C19H19NO8. The Kier molecular flexibility index (Phi) is 6.54. The Morgan fingerprint density at radius 1 is 0.964 bits per heavy atom. The Hall–Kier alpha value is -3.62. The molecule has 0 radical (unpaired) electrons. The first-order valence-electron chi connectivity index (χ1n) is 8.07. The molecule has 28 heavy (non-hydrogen) atoms. The van der Waals surface area contributed by atoms with Crippen LogP contribution in [0.3, 0.4) is 0 Å². The summed E-state index contributed by atoms with van der Waals surface area (Å²) in [6.07, 6.45) is 0. The maximum atomic E-state index is 12.5. The number of esters is 1. The van der Waals surface area contributed by atoms with Gasteiger partial charge in [0.05, 0.1) is 32.3 Å². The van der Waals surface area contributed by atoms with Crippen LogP contribution in [0.15, 0.2) is 30.3 Å². The predicted molar refractivity (Wildman–Crippen MR) is 98.3 cm³/mol. The molecule has 0 atom stereocenters. The van der Waals surface area contributed by atoms with E-state index in [9.17, 15) is 19.7 Å². The Bertz CT molecular complexity index is 922. The first-order chi connectivity index (χ1) is 13.3. The van der Waals surface area contributed by atoms with Gasteiger partial charge in [0.1, 0.15) is 17.9 Å². The normalized spacial score (nSPS) is 10.1. The van der Waals surface area contributed by atoms with E-state index in [1.165, 1.54) is 40.4 Å². The van der Waals surface area contributed by atoms with Crippen molar-refractivity contribution in [3.05, 3.63) is 57.1 Å². The van der Waals surface area contributed by atoms with E-state index < -0.39 is 16.6 Å². The first kappa shape index (κ1) is 20.7. The van der Waals surface area contributed by atoms with E-state index in [-0.39, 0.29) is 29.5 Å². The van der Waals surface area contributed by atoms with Crippen molar-refractivity contribution in [2.45, 2.75) is 13.5 Å². The quantitative estimate of drug-likeness (QED) is 0.293. The van der Waals surface area contributed by atoms with Gasteiger partial charge in [-0.1, -0.05) is 0 Å². The Labute approximate surface area is 160 Å². The SMILES string of the molecule is COc1ccc(C(C)=O)cc1COC(=O)c1cc(OC)c(OC)cc1[N+](=O)[O-]. The molecule has 2 rings (SSSR count). The second-order valence-electron chi connectivity index (χ2n) is 5.64. The zero-order chi connectivity index (χ0) is 20.8. The third kappa shape index (κ3) is 4.37. The summed E-state index contributed by atoms with van der Waals surface area (Å²) in [6.45, 7) is 1.17. The highest BCUT2D eigenvalue weighted by molar-refractivity contribution is 5.95. The molecule has 0 saturated carbocycles. The van der Waals surface area contributed by atoms with E-state index in [2.05, 4.69) is 0 Å². The average Bonchev–Trinajstić information content (AvgIpc) is 2.70. The first-order valence-corrected chi connectivity index (χ1v) is 8.07. The summed E-state index contributed by atoms with van der Waals surface area (Å²) in [5.41, 5.74) is 0.104. The van der Waals surface area contributed by atoms with E-state index >= 15 is 0 Å². The van der Waals surface area contributed by atoms with Crippen LogP contribution in [0, 0.1) is 10.1 Å². The summed E-state index contributed by atoms with van der Waals surface area (Å²) in [7, 11) is 4.11. The predicted octanol–water partition coefficient (Wildman–Crippen LogP) is 3.18. The van der Waals surface area contributed by atoms with E-state index in [0.29, 0.717) is 16.9 Å². The summed E-state index contributed by atoms with van der Waals surface area (Å²) in [6, 6.07) is 6.98. The third-order valence-electron chi connectivity index (χ3n) is 3.96. The maximum absolute atomic E-state index is 12.5. The van der Waals surface area contributed by atoms with Gasteiger partial charge in [-0.25, -0.2) is 4.79 Å². The van der Waals surface area contributed by atoms with Crippen molar-refractivity contribution in [3.8, 4) is 17.2 Å². The van der Waals surface area contributed by atoms with Crippen molar-refractivity contribution in [3.63, 3.8) is 0 Å². The third-order valence-corrected chi connectivity index (χ3v) is 3.96. The number of carbonyl (C=O) groups is 2. The molecule has 0 aromatic heterocycles. The van der Waals surface area contributed by atoms with Crippen molar-refractivity contribution in [2.24, 2.45) is 0 Å². The van der Waals surface area contributed by atoms with Crippen LogP contribution in [0.4, 0.5) is 5.69 Å². The molecule has 9 heteroatoms. The minimum absolute atomic E-state index is 0.113. The summed E-state index contributed by atoms with van der Waals surface area (Å²) >= 11 is 0. The highest BCUT2D eigenvalue weighted by atomic mass is 16.6. The second-order valence-corrected chi connectivity index (χ2v) is 5.64. The lowest BCUT2D eigenvalue weighted by Gasteiger charge is -2.12. The molecule has 0 aliphatic rings. The minimum atomic E-state index is -0.928. The lowest BCUT2D eigenvalue weighted by molar-refractivity contribution is -0.385. The molecule has 0 spiro atoms. The number of rotatable bonds is 8. The molecular weight excluding hydrogens is 370 g/mol. The molecule has 0 aliphatic heterocycles. The van der Waals surface area contributed by atoms with Crippen molar-refractivity contribution >= 4 is 17.4 Å². The van der Waals surface area contributed by atoms with Gasteiger partial charge in [-0.3, -0.25) is 14.9 Å². The Morgan fingerprint density at radius 2 is 1.57 bits per heavy atom. The second kappa shape index (κ2) is 8.85. The molecule has 0 amide bonds. The Balaban J connectivity index is 2.34. The van der Waals surface area contributed by atoms with Gasteiger partial charge in [-0.2, -0.15) is 0 Å². The van der Waals surface area contributed by atoms with E-state index in [4.69, 9.17) is 18.9 Å². The van der Waals surface area contributed by atoms with Gasteiger partial charge in [-0.05, 0) is 25.1 Å². The van der Waals surface area contributed by atoms with Gasteiger partial charge in [0, 0.05) is 17.2 Å². The highest BCUT2D eigenvalue weighted by Gasteiger charge is 2.26. The fourth-order valence-electron chi connectivity index (χ4n) is 2.51. The number of hydrogen-bond donors (Lipinski definition) is 0. The summed E-state index contributed by atoms with van der Waals surface area (Å²) in [4.78, 5) is 34.7. The van der Waals surface area contributed by atoms with Crippen LogP contribution < -0.4 is 14.2 Å². The number of nitro groups is 1. The number of nitrogens with zero attached hydrogens (tertiary/aromatic N) is 1. The summed E-state index contributed by atoms with van der Waals surface area (Å²) < 4.78 is 20.5. The molecule has 0 unspecified atom stereocenters. The number of methoxy groups -OCH3 is 3. The van der Waals surface area contributed by atoms with E-state index in [1.54, 1.807) is 12.1 Å². The zero-order valence-electron chi connectivity index (χ0n) is 15.8. The lowest BCUT2D eigenvalue weighted by Crippen LogP contribution is -2.10. The van der Waals surface area contributed by atoms with Gasteiger partial charge in [0.25, 0.3) is 5.69 Å². The Morgan fingerprint density at radius 3 is 2.11 bits per heavy atom. The zero-order valence-corrected chi connectivity index (χ0v) is 15.8. The molecule has 0 heterocycles. The number of nitro benzene ring substituents is 1. The number of ketones is 1. The van der Waals surface area contributed by atoms with E-state index in [1.807, 2.05) is 0 Å². The largest absolute Gasteiger partial charge is 0.496 e. The molecule has 0 fully saturated rings. The van der Waals surface area contributed by atoms with Crippen LogP contribution >= 0.6 is 0 Å². The molecule has 148 valence electrons. The van der Waals surface area contributed by atoms with Crippen LogP contribution in [0.1, 0.15) is 33.2 Å². The summed E-state index contributed by atoms with van der Waals surface area (Å²) in [5.74, 6) is -0.411. The smallest absolute Gasteiger partial charge is 0.345 e. The molecule has 9 nitrogen and oxygen atoms in total. The fourth-order valence-corrected chi connectivity index (χ4v) is 2.51. The number of benzene rings is 2. The van der Waals surface area contributed by atoms with Gasteiger partial charge < -0.3 is 18.9 Å². The summed E-state index contributed by atoms with van der Waals surface area (Å²) in [5, 5.41) is 11.3. The fraction of sp³-hybridized carbons (Fsp3) is 0.263. The number of ether oxygens (including phenoxy) is 4. The molecule has 0 N–H and O–H groups in total. The number of carbonyl (C=O) groups excluding carboxylic acids is 2. The molecule has 0 aliphatic carbocycles. The van der Waals surface area contributed by atoms with Crippen molar-refractivity contribution in [2.75, 3.05) is 21.3 Å². The molecule has 0 saturated heterocycles. The van der Waals surface area contributed by atoms with Crippen LogP contribution in [0.5, 0.6) is 17.2 Å². The van der Waals surface area contributed by atoms with Crippen LogP contribution in [0.2, 0.25) is 0 Å². The van der Waals surface area contributed by atoms with Gasteiger partial charge in [0.15, 0.2) is 17.3 Å². The number of Topliss-reactive ketones (excluding diaryl/α,β-unsaturated/α-hetero) is 1. The lowest BCUT2D eigenvalue weighted by atomic mass is 10.1. The van der Waals surface area contributed by atoms with Crippen LogP contribution in [-0.2, 0) is 11.3 Å². The van der Waals surface area contributed by atoms with Crippen molar-refractivity contribution in [1.29, 1.82) is 0 Å². The van der Waals surface area contributed by atoms with Crippen molar-refractivity contribution in [1.82, 2.24) is 0 Å². The van der Waals surface area contributed by atoms with Crippen molar-refractivity contribution < 1.29 is 33.5 Å². The topological polar surface area (TPSA) is 114 Å². The number of hydrogen-bond acceptors (Lipinski definition) is 8. The van der Waals surface area contributed by atoms with Gasteiger partial charge in [0.2, 0.25) is 0 Å². The van der Waals surface area contributed by atoms with Gasteiger partial charge in [-0.15, -0.1) is 0 Å². The molecule has 0 bridgehead atoms. The maximum Gasteiger partial charge on any atom is 0.345 e. The molecule has 2 aromatic carbocycles. The minimum Gasteiger partial charge on any atom is -0.496 e. The van der Waals surface area contributed by atoms with Gasteiger partial charge >= 0.3 is 5.97 Å².